The van der Waals surface area contributed by atoms with Crippen molar-refractivity contribution >= 4 is 22.6 Å². The maximum Gasteiger partial charge on any atom is 0.0692 e. The third-order valence-corrected chi connectivity index (χ3v) is 4.23. The monoisotopic (exact) mass is 310 g/mol. The van der Waals surface area contributed by atoms with Crippen LogP contribution in [0.2, 0.25) is 0 Å². The van der Waals surface area contributed by atoms with E-state index in [0.717, 1.165) is 10.5 Å². The number of alkyl halides is 1. The molecule has 1 nitrogen and oxygen atoms in total. The van der Waals surface area contributed by atoms with Crippen molar-refractivity contribution in [3.8, 4) is 0 Å². The van der Waals surface area contributed by atoms with Gasteiger partial charge in [0.05, 0.1) is 6.10 Å². The molecule has 0 N–H and O–H groups in total. The molecule has 0 aromatic carbocycles. The zero-order valence-electron chi connectivity index (χ0n) is 9.68. The average molecular weight is 310 g/mol. The Labute approximate surface area is 102 Å². The maximum atomic E-state index is 5.96. The first kappa shape index (κ1) is 12.8. The highest BCUT2D eigenvalue weighted by Gasteiger charge is 2.23. The molecule has 84 valence electrons. The Morgan fingerprint density at radius 3 is 2.43 bits per heavy atom. The molecule has 0 aromatic heterocycles. The molecule has 2 heteroatoms. The van der Waals surface area contributed by atoms with E-state index < -0.39 is 0 Å². The van der Waals surface area contributed by atoms with Gasteiger partial charge >= 0.3 is 0 Å². The van der Waals surface area contributed by atoms with E-state index in [1.54, 1.807) is 0 Å². The first-order chi connectivity index (χ1) is 6.49. The van der Waals surface area contributed by atoms with Crippen LogP contribution in [0.15, 0.2) is 0 Å². The number of hydrogen-bond acceptors (Lipinski definition) is 1. The fourth-order valence-electron chi connectivity index (χ4n) is 1.76. The standard InChI is InChI=1S/C12H23IO/c1-12(2,3)8-9-14-11-7-5-4-6-10(11)13/h10-11H,4-9H2,1-3H3. The van der Waals surface area contributed by atoms with Crippen molar-refractivity contribution in [1.82, 2.24) is 0 Å². The van der Waals surface area contributed by atoms with Gasteiger partial charge in [0.1, 0.15) is 0 Å². The van der Waals surface area contributed by atoms with Crippen molar-refractivity contribution in [3.05, 3.63) is 0 Å². The molecule has 0 bridgehead atoms. The summed E-state index contributed by atoms with van der Waals surface area (Å²) in [5.74, 6) is 0. The van der Waals surface area contributed by atoms with Gasteiger partial charge in [0, 0.05) is 10.5 Å². The minimum atomic E-state index is 0.412. The van der Waals surface area contributed by atoms with Gasteiger partial charge < -0.3 is 4.74 Å². The second kappa shape index (κ2) is 5.69. The van der Waals surface area contributed by atoms with Gasteiger partial charge in [-0.25, -0.2) is 0 Å². The molecule has 1 saturated carbocycles. The number of halogens is 1. The van der Waals surface area contributed by atoms with Crippen molar-refractivity contribution in [2.24, 2.45) is 5.41 Å². The lowest BCUT2D eigenvalue weighted by Crippen LogP contribution is -2.29. The van der Waals surface area contributed by atoms with Crippen LogP contribution in [0.3, 0.4) is 0 Å². The van der Waals surface area contributed by atoms with Crippen LogP contribution < -0.4 is 0 Å². The summed E-state index contributed by atoms with van der Waals surface area (Å²) in [4.78, 5) is 0. The Morgan fingerprint density at radius 2 is 1.86 bits per heavy atom. The molecule has 1 rings (SSSR count). The summed E-state index contributed by atoms with van der Waals surface area (Å²) in [6.07, 6.45) is 7.09. The molecule has 0 radical (unpaired) electrons. The predicted molar refractivity (Wildman–Crippen MR) is 70.1 cm³/mol. The van der Waals surface area contributed by atoms with Gasteiger partial charge in [0.25, 0.3) is 0 Å². The smallest absolute Gasteiger partial charge is 0.0692 e. The Morgan fingerprint density at radius 1 is 1.21 bits per heavy atom. The van der Waals surface area contributed by atoms with E-state index in [1.165, 1.54) is 32.1 Å². The lowest BCUT2D eigenvalue weighted by Gasteiger charge is -2.28. The highest BCUT2D eigenvalue weighted by atomic mass is 127. The van der Waals surface area contributed by atoms with E-state index in [4.69, 9.17) is 4.74 Å². The van der Waals surface area contributed by atoms with E-state index >= 15 is 0 Å². The van der Waals surface area contributed by atoms with Crippen LogP contribution in [0.5, 0.6) is 0 Å². The van der Waals surface area contributed by atoms with Crippen molar-refractivity contribution in [1.29, 1.82) is 0 Å². The van der Waals surface area contributed by atoms with Gasteiger partial charge in [-0.2, -0.15) is 0 Å². The van der Waals surface area contributed by atoms with Crippen LogP contribution in [0.25, 0.3) is 0 Å². The highest BCUT2D eigenvalue weighted by molar-refractivity contribution is 14.1. The van der Waals surface area contributed by atoms with E-state index in [2.05, 4.69) is 43.4 Å². The molecule has 1 fully saturated rings. The SMILES string of the molecule is CC(C)(C)CCOC1CCCCC1I. The second-order valence-corrected chi connectivity index (χ2v) is 7.12. The minimum Gasteiger partial charge on any atom is -0.377 e. The summed E-state index contributed by atoms with van der Waals surface area (Å²) in [5, 5.41) is 0. The molecular weight excluding hydrogens is 287 g/mol. The summed E-state index contributed by atoms with van der Waals surface area (Å²) >= 11 is 2.55. The van der Waals surface area contributed by atoms with Crippen LogP contribution in [-0.2, 0) is 4.74 Å². The third kappa shape index (κ3) is 4.96. The Hall–Kier alpha value is 0.690. The fourth-order valence-corrected chi connectivity index (χ4v) is 2.76. The van der Waals surface area contributed by atoms with Crippen molar-refractivity contribution in [2.75, 3.05) is 6.61 Å². The first-order valence-electron chi connectivity index (χ1n) is 5.75. The lowest BCUT2D eigenvalue weighted by molar-refractivity contribution is 0.0230. The highest BCUT2D eigenvalue weighted by Crippen LogP contribution is 2.28. The molecule has 2 atom stereocenters. The molecule has 0 heterocycles. The Bertz CT molecular complexity index is 162. The van der Waals surface area contributed by atoms with Crippen LogP contribution in [0.1, 0.15) is 52.9 Å². The number of hydrogen-bond donors (Lipinski definition) is 0. The van der Waals surface area contributed by atoms with E-state index in [1.807, 2.05) is 0 Å². The lowest BCUT2D eigenvalue weighted by atomic mass is 9.92. The molecule has 0 saturated heterocycles. The minimum absolute atomic E-state index is 0.412. The van der Waals surface area contributed by atoms with Crippen LogP contribution in [0.4, 0.5) is 0 Å². The van der Waals surface area contributed by atoms with E-state index in [0.29, 0.717) is 11.5 Å². The molecular formula is C12H23IO. The first-order valence-corrected chi connectivity index (χ1v) is 6.99. The Balaban J connectivity index is 2.17. The normalized spacial score (nSPS) is 29.1. The summed E-state index contributed by atoms with van der Waals surface area (Å²) in [6, 6.07) is 0. The van der Waals surface area contributed by atoms with Crippen molar-refractivity contribution in [2.45, 2.75) is 62.9 Å². The fraction of sp³-hybridized carbons (Fsp3) is 1.00. The molecule has 0 amide bonds. The molecule has 0 aromatic rings. The number of ether oxygens (including phenoxy) is 1. The van der Waals surface area contributed by atoms with Crippen molar-refractivity contribution < 1.29 is 4.74 Å². The third-order valence-electron chi connectivity index (χ3n) is 2.81. The summed E-state index contributed by atoms with van der Waals surface area (Å²) in [7, 11) is 0. The van der Waals surface area contributed by atoms with Crippen LogP contribution >= 0.6 is 22.6 Å². The molecule has 1 aliphatic rings. The summed E-state index contributed by atoms with van der Waals surface area (Å²) in [5.41, 5.74) is 0.412. The molecule has 0 spiro atoms. The summed E-state index contributed by atoms with van der Waals surface area (Å²) < 4.78 is 6.71. The Kier molecular flexibility index (Phi) is 5.18. The largest absolute Gasteiger partial charge is 0.377 e. The predicted octanol–water partition coefficient (Wildman–Crippen LogP) is 4.19. The van der Waals surface area contributed by atoms with Crippen molar-refractivity contribution in [3.63, 3.8) is 0 Å². The zero-order valence-corrected chi connectivity index (χ0v) is 11.8. The van der Waals surface area contributed by atoms with Gasteiger partial charge in [-0.05, 0) is 24.7 Å². The van der Waals surface area contributed by atoms with Crippen LogP contribution in [-0.4, -0.2) is 16.6 Å². The molecule has 0 aliphatic heterocycles. The van der Waals surface area contributed by atoms with Gasteiger partial charge in [0.15, 0.2) is 0 Å². The number of rotatable bonds is 3. The molecule has 1 aliphatic carbocycles. The zero-order chi connectivity index (χ0) is 10.6. The van der Waals surface area contributed by atoms with Gasteiger partial charge in [-0.1, -0.05) is 56.2 Å². The van der Waals surface area contributed by atoms with Crippen LogP contribution in [0, 0.1) is 5.41 Å². The topological polar surface area (TPSA) is 9.23 Å². The maximum absolute atomic E-state index is 5.96. The van der Waals surface area contributed by atoms with E-state index in [-0.39, 0.29) is 0 Å². The molecule has 2 unspecified atom stereocenters. The quantitative estimate of drug-likeness (QED) is 0.561. The average Bonchev–Trinajstić information content (AvgIpc) is 2.06. The second-order valence-electron chi connectivity index (χ2n) is 5.52. The van der Waals surface area contributed by atoms with Gasteiger partial charge in [-0.15, -0.1) is 0 Å². The summed E-state index contributed by atoms with van der Waals surface area (Å²) in [6.45, 7) is 7.77. The van der Waals surface area contributed by atoms with E-state index in [9.17, 15) is 0 Å². The molecule has 14 heavy (non-hydrogen) atoms. The van der Waals surface area contributed by atoms with Gasteiger partial charge in [0.2, 0.25) is 0 Å². The van der Waals surface area contributed by atoms with Gasteiger partial charge in [-0.3, -0.25) is 0 Å².